The van der Waals surface area contributed by atoms with E-state index in [1.165, 1.54) is 11.1 Å². The first-order valence-corrected chi connectivity index (χ1v) is 16.1. The quantitative estimate of drug-likeness (QED) is 0.194. The van der Waals surface area contributed by atoms with E-state index >= 15 is 0 Å². The Hall–Kier alpha value is -3.82. The molecule has 0 unspecified atom stereocenters. The van der Waals surface area contributed by atoms with Gasteiger partial charge in [-0.3, -0.25) is 0 Å². The summed E-state index contributed by atoms with van der Waals surface area (Å²) in [5.41, 5.74) is 3.93. The molecule has 0 fully saturated rings. The zero-order valence-electron chi connectivity index (χ0n) is 21.5. The summed E-state index contributed by atoms with van der Waals surface area (Å²) >= 11 is -0.157. The monoisotopic (exact) mass is 666 g/mol. The second-order valence-electron chi connectivity index (χ2n) is 8.91. The van der Waals surface area contributed by atoms with Gasteiger partial charge in [-0.15, -0.1) is 0 Å². The maximum atomic E-state index is 12.3. The molecular formula is C28H26N8O2Se2. The van der Waals surface area contributed by atoms with Crippen molar-refractivity contribution in [3.8, 4) is 0 Å². The van der Waals surface area contributed by atoms with Gasteiger partial charge >= 0.3 is 244 Å². The van der Waals surface area contributed by atoms with Crippen molar-refractivity contribution in [1.29, 1.82) is 0 Å². The number of hydrogen-bond acceptors (Lipinski definition) is 8. The molecule has 4 aromatic heterocycles. The summed E-state index contributed by atoms with van der Waals surface area (Å²) in [4.78, 5) is 32.9. The average molecular weight is 664 g/mol. The molecule has 4 heterocycles. The fourth-order valence-corrected chi connectivity index (χ4v) is 7.08. The van der Waals surface area contributed by atoms with Crippen molar-refractivity contribution in [3.63, 3.8) is 0 Å². The number of hydrogen-bond donors (Lipinski definition) is 2. The van der Waals surface area contributed by atoms with E-state index in [1.807, 2.05) is 36.4 Å². The van der Waals surface area contributed by atoms with E-state index in [0.717, 1.165) is 46.2 Å². The molecule has 40 heavy (non-hydrogen) atoms. The predicted octanol–water partition coefficient (Wildman–Crippen LogP) is 2.10. The van der Waals surface area contributed by atoms with Crippen LogP contribution < -0.4 is 10.6 Å². The van der Waals surface area contributed by atoms with Gasteiger partial charge in [-0.05, 0) is 0 Å². The van der Waals surface area contributed by atoms with Crippen LogP contribution in [0.3, 0.4) is 0 Å². The fraction of sp³-hybridized carbons (Fsp3) is 0.214. The van der Waals surface area contributed by atoms with Crippen molar-refractivity contribution in [3.05, 3.63) is 105 Å². The Morgan fingerprint density at radius 1 is 0.600 bits per heavy atom. The van der Waals surface area contributed by atoms with Crippen LogP contribution in [0.2, 0.25) is 0 Å². The number of amides is 2. The van der Waals surface area contributed by atoms with E-state index in [4.69, 9.17) is 0 Å². The number of aryl methyl sites for hydroxylation is 4. The number of benzene rings is 1. The van der Waals surface area contributed by atoms with Crippen LogP contribution in [0.15, 0.2) is 73.1 Å². The molecule has 12 heteroatoms. The minimum atomic E-state index is -0.124. The summed E-state index contributed by atoms with van der Waals surface area (Å²) in [6, 6.07) is 19.6. The first kappa shape index (κ1) is 27.7. The third-order valence-corrected chi connectivity index (χ3v) is 9.58. The fourth-order valence-electron chi connectivity index (χ4n) is 3.91. The molecule has 0 saturated carbocycles. The molecule has 0 radical (unpaired) electrons. The summed E-state index contributed by atoms with van der Waals surface area (Å²) in [6.07, 6.45) is 7.13. The Bertz CT molecular complexity index is 1440. The van der Waals surface area contributed by atoms with E-state index in [1.54, 1.807) is 12.4 Å². The average Bonchev–Trinajstić information content (AvgIpc) is 3.61. The first-order chi connectivity index (χ1) is 19.6. The van der Waals surface area contributed by atoms with Crippen LogP contribution in [0.4, 0.5) is 9.38 Å². The Balaban J connectivity index is 1.06. The third-order valence-electron chi connectivity index (χ3n) is 5.81. The second kappa shape index (κ2) is 14.0. The van der Waals surface area contributed by atoms with Crippen LogP contribution in [-0.2, 0) is 48.1 Å². The first-order valence-electron chi connectivity index (χ1n) is 12.7. The number of carbonyl (C=O) groups excluding carboxylic acids is 2. The van der Waals surface area contributed by atoms with Crippen molar-refractivity contribution < 1.29 is 9.59 Å². The molecule has 202 valence electrons. The number of nitrogens with zero attached hydrogens (tertiary/aromatic N) is 6. The van der Waals surface area contributed by atoms with Gasteiger partial charge in [0.2, 0.25) is 0 Å². The number of pyridine rings is 2. The predicted molar refractivity (Wildman–Crippen MR) is 152 cm³/mol. The number of anilines is 2. The zero-order chi connectivity index (χ0) is 27.6. The molecule has 0 aliphatic rings. The van der Waals surface area contributed by atoms with Crippen LogP contribution >= 0.6 is 0 Å². The standard InChI is InChI=1S/C28H26N8O2Se2/c37-23(17-21-8-1-3-14-29-21)31-27-35-33-25(39-27)12-10-19-6-5-7-20(16-19)11-13-26-34-36-28(40-26)32-24(38)18-22-9-2-4-15-30-22/h1-9,14-16H,10-13,17-18H2,(H,31,35,37)(H,32,36,38). The van der Waals surface area contributed by atoms with Gasteiger partial charge < -0.3 is 0 Å². The molecule has 0 saturated heterocycles. The number of carbonyl (C=O) groups is 2. The maximum absolute atomic E-state index is 12.3. The zero-order valence-corrected chi connectivity index (χ0v) is 24.9. The summed E-state index contributed by atoms with van der Waals surface area (Å²) in [7, 11) is 0. The molecule has 0 spiro atoms. The van der Waals surface area contributed by atoms with E-state index in [0.29, 0.717) is 9.38 Å². The SMILES string of the molecule is O=C(Cc1ccccn1)Nc1nnc(CCc2cccc(CCc3nnc(NC(=O)Cc4ccccn4)[se]3)c2)[se]1. The Kier molecular flexibility index (Phi) is 9.71. The van der Waals surface area contributed by atoms with Gasteiger partial charge in [-0.25, -0.2) is 0 Å². The van der Waals surface area contributed by atoms with Crippen LogP contribution in [0.5, 0.6) is 0 Å². The van der Waals surface area contributed by atoms with Gasteiger partial charge in [0, 0.05) is 0 Å². The van der Waals surface area contributed by atoms with Crippen molar-refractivity contribution in [2.45, 2.75) is 38.5 Å². The summed E-state index contributed by atoms with van der Waals surface area (Å²) in [5, 5.41) is 22.7. The number of aromatic nitrogens is 6. The molecule has 0 aliphatic heterocycles. The Morgan fingerprint density at radius 2 is 1.10 bits per heavy atom. The van der Waals surface area contributed by atoms with Crippen LogP contribution in [0.25, 0.3) is 0 Å². The van der Waals surface area contributed by atoms with Crippen LogP contribution in [0, 0.1) is 0 Å². The molecule has 5 rings (SSSR count). The van der Waals surface area contributed by atoms with Gasteiger partial charge in [0.05, 0.1) is 0 Å². The summed E-state index contributed by atoms with van der Waals surface area (Å²) < 4.78 is 3.32. The number of nitrogens with one attached hydrogen (secondary N) is 2. The Labute approximate surface area is 243 Å². The second-order valence-corrected chi connectivity index (χ2v) is 13.4. The van der Waals surface area contributed by atoms with Gasteiger partial charge in [0.15, 0.2) is 0 Å². The third kappa shape index (κ3) is 8.59. The topological polar surface area (TPSA) is 136 Å². The Morgan fingerprint density at radius 3 is 1.55 bits per heavy atom. The van der Waals surface area contributed by atoms with E-state index in [-0.39, 0.29) is 53.7 Å². The summed E-state index contributed by atoms with van der Waals surface area (Å²) in [5.74, 6) is -0.248. The van der Waals surface area contributed by atoms with Crippen molar-refractivity contribution in [2.75, 3.05) is 10.6 Å². The van der Waals surface area contributed by atoms with E-state index in [2.05, 4.69) is 65.3 Å². The molecule has 0 aliphatic carbocycles. The van der Waals surface area contributed by atoms with Crippen molar-refractivity contribution in [1.82, 2.24) is 30.4 Å². The molecule has 2 N–H and O–H groups in total. The van der Waals surface area contributed by atoms with Crippen molar-refractivity contribution in [2.24, 2.45) is 0 Å². The van der Waals surface area contributed by atoms with Gasteiger partial charge in [0.25, 0.3) is 0 Å². The van der Waals surface area contributed by atoms with Crippen LogP contribution in [-0.4, -0.2) is 71.2 Å². The summed E-state index contributed by atoms with van der Waals surface area (Å²) in [6.45, 7) is 0. The molecule has 5 aromatic rings. The number of rotatable bonds is 12. The minimum absolute atomic E-state index is 0.0786. The molecule has 0 bridgehead atoms. The van der Waals surface area contributed by atoms with Gasteiger partial charge in [-0.2, -0.15) is 0 Å². The molecule has 10 nitrogen and oxygen atoms in total. The van der Waals surface area contributed by atoms with Gasteiger partial charge in [-0.1, -0.05) is 0 Å². The van der Waals surface area contributed by atoms with Crippen molar-refractivity contribution >= 4 is 50.2 Å². The van der Waals surface area contributed by atoms with Gasteiger partial charge in [0.1, 0.15) is 0 Å². The normalized spacial score (nSPS) is 10.8. The van der Waals surface area contributed by atoms with Crippen LogP contribution in [0.1, 0.15) is 31.7 Å². The molecule has 1 aromatic carbocycles. The van der Waals surface area contributed by atoms with E-state index < -0.39 is 0 Å². The molecule has 0 atom stereocenters. The van der Waals surface area contributed by atoms with E-state index in [9.17, 15) is 9.59 Å². The molecule has 2 amide bonds. The molecular weight excluding hydrogens is 638 g/mol.